The zero-order valence-electron chi connectivity index (χ0n) is 16.2. The largest absolute Gasteiger partial charge is 0.359 e. The van der Waals surface area contributed by atoms with E-state index in [-0.39, 0.29) is 0 Å². The summed E-state index contributed by atoms with van der Waals surface area (Å²) < 4.78 is 0. The molecule has 2 unspecified atom stereocenters. The van der Waals surface area contributed by atoms with Crippen LogP contribution in [-0.4, -0.2) is 29.8 Å². The van der Waals surface area contributed by atoms with Crippen LogP contribution in [0.3, 0.4) is 0 Å². The molecule has 25 heavy (non-hydrogen) atoms. The Kier molecular flexibility index (Phi) is 6.00. The molecule has 0 saturated carbocycles. The zero-order chi connectivity index (χ0) is 18.0. The lowest BCUT2D eigenvalue weighted by Crippen LogP contribution is -3.21. The summed E-state index contributed by atoms with van der Waals surface area (Å²) in [6.45, 7) is 10.3. The van der Waals surface area contributed by atoms with Gasteiger partial charge >= 0.3 is 0 Å². The average Bonchev–Trinajstić information content (AvgIpc) is 2.46. The smallest absolute Gasteiger partial charge is 0.171 e. The number of rotatable bonds is 4. The number of piperidine rings is 2. The fourth-order valence-electron chi connectivity index (χ4n) is 4.96. The van der Waals surface area contributed by atoms with E-state index in [1.54, 1.807) is 0 Å². The maximum absolute atomic E-state index is 5.61. The molecule has 4 atom stereocenters. The molecule has 3 nitrogen and oxygen atoms in total. The van der Waals surface area contributed by atoms with Crippen LogP contribution in [0, 0.1) is 19.8 Å². The highest BCUT2D eigenvalue weighted by atomic mass is 32.1. The summed E-state index contributed by atoms with van der Waals surface area (Å²) in [5.74, 6) is 0.787. The number of anilines is 1. The molecular weight excluding hydrogens is 326 g/mol. The van der Waals surface area contributed by atoms with E-state index < -0.39 is 0 Å². The quantitative estimate of drug-likeness (QED) is 0.720. The first-order valence-corrected chi connectivity index (χ1v) is 10.3. The number of aryl methyl sites for hydroxylation is 2. The summed E-state index contributed by atoms with van der Waals surface area (Å²) in [6, 6.07) is 8.66. The van der Waals surface area contributed by atoms with E-state index in [1.807, 2.05) is 4.90 Å². The van der Waals surface area contributed by atoms with Gasteiger partial charge in [0.15, 0.2) is 5.11 Å². The highest BCUT2D eigenvalue weighted by Gasteiger charge is 2.41. The molecule has 0 radical (unpaired) electrons. The molecule has 4 heteroatoms. The summed E-state index contributed by atoms with van der Waals surface area (Å²) in [7, 11) is 0. The molecule has 2 aliphatic rings. The monoisotopic (exact) mass is 360 g/mol. The van der Waals surface area contributed by atoms with Crippen LogP contribution in [0.25, 0.3) is 0 Å². The Morgan fingerprint density at radius 1 is 1.12 bits per heavy atom. The number of nitrogens with one attached hydrogen (secondary N) is 3. The molecule has 2 fully saturated rings. The van der Waals surface area contributed by atoms with Crippen molar-refractivity contribution in [1.82, 2.24) is 5.32 Å². The van der Waals surface area contributed by atoms with Gasteiger partial charge in [0.05, 0.1) is 18.6 Å². The van der Waals surface area contributed by atoms with Crippen molar-refractivity contribution in [2.45, 2.75) is 77.9 Å². The zero-order valence-corrected chi connectivity index (χ0v) is 17.0. The van der Waals surface area contributed by atoms with E-state index in [1.165, 1.54) is 49.8 Å². The van der Waals surface area contributed by atoms with Gasteiger partial charge in [-0.25, -0.2) is 0 Å². The summed E-state index contributed by atoms with van der Waals surface area (Å²) in [5, 5.41) is 7.79. The molecule has 1 aromatic carbocycles. The van der Waals surface area contributed by atoms with Gasteiger partial charge in [-0.3, -0.25) is 0 Å². The topological polar surface area (TPSA) is 28.5 Å². The van der Waals surface area contributed by atoms with Gasteiger partial charge in [-0.2, -0.15) is 0 Å². The molecule has 0 amide bonds. The standard InChI is InChI=1S/C21H33N3S/c1-14(2)13-24-19-6-5-7-20(24)12-18(11-19)23-21(25)22-17-9-15(3)8-16(4)10-17/h8-10,14,18-20H,5-7,11-13H2,1-4H3,(H2,22,23,25)/p+1/t18?,19-,20+. The molecule has 2 aliphatic heterocycles. The van der Waals surface area contributed by atoms with E-state index in [9.17, 15) is 0 Å². The van der Waals surface area contributed by atoms with Crippen molar-refractivity contribution in [2.24, 2.45) is 5.92 Å². The van der Waals surface area contributed by atoms with Crippen molar-refractivity contribution in [2.75, 3.05) is 11.9 Å². The molecule has 2 bridgehead atoms. The minimum absolute atomic E-state index is 0.525. The summed E-state index contributed by atoms with van der Waals surface area (Å²) in [5.41, 5.74) is 3.63. The molecule has 138 valence electrons. The minimum Gasteiger partial charge on any atom is -0.359 e. The number of hydrogen-bond acceptors (Lipinski definition) is 1. The molecule has 0 aliphatic carbocycles. The van der Waals surface area contributed by atoms with Crippen molar-refractivity contribution in [1.29, 1.82) is 0 Å². The SMILES string of the molecule is Cc1cc(C)cc(NC(=S)NC2C[C@H]3CCC[C@@H](C2)[NH+]3CC(C)C)c1. The van der Waals surface area contributed by atoms with Crippen molar-refractivity contribution in [3.05, 3.63) is 29.3 Å². The Hall–Kier alpha value is -1.13. The highest BCUT2D eigenvalue weighted by molar-refractivity contribution is 7.80. The number of hydrogen-bond donors (Lipinski definition) is 3. The molecular formula is C21H34N3S+. The van der Waals surface area contributed by atoms with Gasteiger partial charge in [0.25, 0.3) is 0 Å². The third-order valence-corrected chi connectivity index (χ3v) is 5.97. The van der Waals surface area contributed by atoms with Crippen molar-refractivity contribution >= 4 is 23.0 Å². The molecule has 0 aromatic heterocycles. The molecule has 0 spiro atoms. The van der Waals surface area contributed by atoms with Gasteiger partial charge in [-0.05, 0) is 68.6 Å². The van der Waals surface area contributed by atoms with Crippen LogP contribution in [0.4, 0.5) is 5.69 Å². The summed E-state index contributed by atoms with van der Waals surface area (Å²) in [6.07, 6.45) is 6.69. The lowest BCUT2D eigenvalue weighted by Gasteiger charge is -2.46. The average molecular weight is 361 g/mol. The second-order valence-corrected chi connectivity index (χ2v) is 9.05. The highest BCUT2D eigenvalue weighted by Crippen LogP contribution is 2.23. The van der Waals surface area contributed by atoms with Crippen molar-refractivity contribution in [3.63, 3.8) is 0 Å². The second-order valence-electron chi connectivity index (χ2n) is 8.64. The molecule has 3 rings (SSSR count). The van der Waals surface area contributed by atoms with Crippen LogP contribution in [0.2, 0.25) is 0 Å². The second kappa shape index (κ2) is 8.05. The summed E-state index contributed by atoms with van der Waals surface area (Å²) >= 11 is 5.61. The van der Waals surface area contributed by atoms with Gasteiger partial charge in [0.2, 0.25) is 0 Å². The van der Waals surface area contributed by atoms with Crippen molar-refractivity contribution < 1.29 is 4.90 Å². The molecule has 3 N–H and O–H groups in total. The Labute approximate surface area is 158 Å². The van der Waals surface area contributed by atoms with Crippen LogP contribution < -0.4 is 15.5 Å². The van der Waals surface area contributed by atoms with Crippen LogP contribution in [-0.2, 0) is 0 Å². The minimum atomic E-state index is 0.525. The van der Waals surface area contributed by atoms with Crippen LogP contribution in [0.15, 0.2) is 18.2 Å². The predicted molar refractivity (Wildman–Crippen MR) is 110 cm³/mol. The first-order valence-electron chi connectivity index (χ1n) is 9.92. The fraction of sp³-hybridized carbons (Fsp3) is 0.667. The van der Waals surface area contributed by atoms with Gasteiger partial charge in [0.1, 0.15) is 0 Å². The molecule has 2 saturated heterocycles. The van der Waals surface area contributed by atoms with Crippen LogP contribution in [0.5, 0.6) is 0 Å². The first-order chi connectivity index (χ1) is 11.9. The number of benzene rings is 1. The molecule has 1 aromatic rings. The van der Waals surface area contributed by atoms with E-state index in [0.29, 0.717) is 6.04 Å². The Morgan fingerprint density at radius 3 is 2.28 bits per heavy atom. The van der Waals surface area contributed by atoms with Gasteiger partial charge in [-0.1, -0.05) is 19.9 Å². The van der Waals surface area contributed by atoms with Gasteiger partial charge in [-0.15, -0.1) is 0 Å². The van der Waals surface area contributed by atoms with E-state index >= 15 is 0 Å². The van der Waals surface area contributed by atoms with Gasteiger partial charge < -0.3 is 15.5 Å². The van der Waals surface area contributed by atoms with E-state index in [4.69, 9.17) is 12.2 Å². The number of fused-ring (bicyclic) bond motifs is 2. The lowest BCUT2D eigenvalue weighted by atomic mass is 9.81. The lowest BCUT2D eigenvalue weighted by molar-refractivity contribution is -0.963. The number of thiocarbonyl (C=S) groups is 1. The third-order valence-electron chi connectivity index (χ3n) is 5.75. The van der Waals surface area contributed by atoms with E-state index in [0.717, 1.165) is 28.8 Å². The predicted octanol–water partition coefficient (Wildman–Crippen LogP) is 3.21. The summed E-state index contributed by atoms with van der Waals surface area (Å²) in [4.78, 5) is 1.87. The third kappa shape index (κ3) is 4.95. The Balaban J connectivity index is 1.57. The fourth-order valence-corrected chi connectivity index (χ4v) is 5.24. The Morgan fingerprint density at radius 2 is 1.72 bits per heavy atom. The number of quaternary nitrogens is 1. The van der Waals surface area contributed by atoms with Crippen molar-refractivity contribution in [3.8, 4) is 0 Å². The van der Waals surface area contributed by atoms with Crippen LogP contribution >= 0.6 is 12.2 Å². The van der Waals surface area contributed by atoms with Gasteiger partial charge in [0, 0.05) is 30.5 Å². The van der Waals surface area contributed by atoms with Crippen LogP contribution in [0.1, 0.15) is 57.1 Å². The maximum atomic E-state index is 5.61. The Bertz CT molecular complexity index is 579. The maximum Gasteiger partial charge on any atom is 0.171 e. The van der Waals surface area contributed by atoms with E-state index in [2.05, 4.69) is 56.5 Å². The first kappa shape index (κ1) is 18.7. The molecule has 2 heterocycles. The normalized spacial score (nSPS) is 28.7.